The Bertz CT molecular complexity index is 684. The topological polar surface area (TPSA) is 85.1 Å². The number of nitrogens with one attached hydrogen (secondary N) is 1. The van der Waals surface area contributed by atoms with Crippen LogP contribution in [0.1, 0.15) is 5.56 Å². The number of anilines is 1. The van der Waals surface area contributed by atoms with E-state index in [1.807, 2.05) is 0 Å². The lowest BCUT2D eigenvalue weighted by atomic mass is 10.2. The molecule has 6 nitrogen and oxygen atoms in total. The van der Waals surface area contributed by atoms with Gasteiger partial charge in [0.2, 0.25) is 5.91 Å². The molecule has 1 amide bonds. The Labute approximate surface area is 122 Å². The molecular weight excluding hydrogens is 302 g/mol. The van der Waals surface area contributed by atoms with E-state index in [-0.39, 0.29) is 10.1 Å². The van der Waals surface area contributed by atoms with Gasteiger partial charge >= 0.3 is 5.00 Å². The lowest BCUT2D eigenvalue weighted by Gasteiger charge is -1.97. The van der Waals surface area contributed by atoms with E-state index in [4.69, 9.17) is 11.6 Å². The average molecular weight is 310 g/mol. The van der Waals surface area contributed by atoms with E-state index in [2.05, 4.69) is 10.3 Å². The summed E-state index contributed by atoms with van der Waals surface area (Å²) in [5.41, 5.74) is 0.703. The molecule has 2 rings (SSSR count). The van der Waals surface area contributed by atoms with Crippen molar-refractivity contribution >= 4 is 45.1 Å². The van der Waals surface area contributed by atoms with E-state index in [1.165, 1.54) is 6.08 Å². The molecule has 1 N–H and O–H groups in total. The average Bonchev–Trinajstić information content (AvgIpc) is 2.86. The van der Waals surface area contributed by atoms with Crippen LogP contribution in [0.15, 0.2) is 36.5 Å². The highest BCUT2D eigenvalue weighted by Crippen LogP contribution is 2.25. The Balaban J connectivity index is 2.02. The minimum Gasteiger partial charge on any atom is -0.298 e. The zero-order valence-electron chi connectivity index (χ0n) is 9.95. The highest BCUT2D eigenvalue weighted by Gasteiger charge is 2.12. The predicted molar refractivity (Wildman–Crippen MR) is 77.9 cm³/mol. The van der Waals surface area contributed by atoms with Crippen molar-refractivity contribution in [1.82, 2.24) is 4.98 Å². The molecular formula is C12H8ClN3O3S. The van der Waals surface area contributed by atoms with Gasteiger partial charge in [0.15, 0.2) is 5.13 Å². The van der Waals surface area contributed by atoms with Crippen molar-refractivity contribution < 1.29 is 9.72 Å². The van der Waals surface area contributed by atoms with Crippen LogP contribution in [-0.2, 0) is 4.79 Å². The van der Waals surface area contributed by atoms with E-state index in [0.717, 1.165) is 17.5 Å². The van der Waals surface area contributed by atoms with Crippen LogP contribution in [0.3, 0.4) is 0 Å². The standard InChI is InChI=1S/C12H8ClN3O3S/c13-9-4-2-1-3-8(9)5-6-10(17)15-12-14-7-11(20-12)16(18)19/h1-7H,(H,14,15,17). The van der Waals surface area contributed by atoms with Crippen LogP contribution < -0.4 is 5.32 Å². The Hall–Kier alpha value is -2.25. The zero-order chi connectivity index (χ0) is 14.5. The lowest BCUT2D eigenvalue weighted by molar-refractivity contribution is -0.380. The van der Waals surface area contributed by atoms with Crippen LogP contribution in [0, 0.1) is 10.1 Å². The number of hydrogen-bond acceptors (Lipinski definition) is 5. The van der Waals surface area contributed by atoms with Crippen molar-refractivity contribution in [2.45, 2.75) is 0 Å². The number of nitrogens with zero attached hydrogens (tertiary/aromatic N) is 2. The molecule has 8 heteroatoms. The molecule has 0 spiro atoms. The first-order valence-electron chi connectivity index (χ1n) is 5.40. The third-order valence-corrected chi connectivity index (χ3v) is 3.43. The third kappa shape index (κ3) is 3.62. The summed E-state index contributed by atoms with van der Waals surface area (Å²) in [5.74, 6) is -0.436. The Morgan fingerprint density at radius 2 is 2.20 bits per heavy atom. The van der Waals surface area contributed by atoms with Gasteiger partial charge in [0.1, 0.15) is 6.20 Å². The number of halogens is 1. The van der Waals surface area contributed by atoms with E-state index in [9.17, 15) is 14.9 Å². The first-order valence-corrected chi connectivity index (χ1v) is 6.59. The van der Waals surface area contributed by atoms with Crippen LogP contribution in [0.2, 0.25) is 5.02 Å². The largest absolute Gasteiger partial charge is 0.345 e. The number of thiazole rings is 1. The molecule has 1 aromatic heterocycles. The van der Waals surface area contributed by atoms with Crippen molar-refractivity contribution in [1.29, 1.82) is 0 Å². The number of hydrogen-bond donors (Lipinski definition) is 1. The maximum absolute atomic E-state index is 11.6. The molecule has 102 valence electrons. The summed E-state index contributed by atoms with van der Waals surface area (Å²) in [6.07, 6.45) is 3.94. The van der Waals surface area contributed by atoms with Crippen LogP contribution in [0.4, 0.5) is 10.1 Å². The minimum absolute atomic E-state index is 0.129. The van der Waals surface area contributed by atoms with Crippen molar-refractivity contribution in [3.05, 3.63) is 57.2 Å². The van der Waals surface area contributed by atoms with Gasteiger partial charge in [-0.25, -0.2) is 4.98 Å². The molecule has 0 radical (unpaired) electrons. The number of amides is 1. The van der Waals surface area contributed by atoms with Crippen LogP contribution >= 0.6 is 22.9 Å². The number of rotatable bonds is 4. The second-order valence-corrected chi connectivity index (χ2v) is 5.02. The van der Waals surface area contributed by atoms with Gasteiger partial charge in [0.25, 0.3) is 0 Å². The molecule has 20 heavy (non-hydrogen) atoms. The van der Waals surface area contributed by atoms with Gasteiger partial charge in [-0.15, -0.1) is 0 Å². The van der Waals surface area contributed by atoms with E-state index >= 15 is 0 Å². The van der Waals surface area contributed by atoms with Gasteiger partial charge in [-0.2, -0.15) is 0 Å². The van der Waals surface area contributed by atoms with E-state index in [0.29, 0.717) is 10.6 Å². The second-order valence-electron chi connectivity index (χ2n) is 3.60. The van der Waals surface area contributed by atoms with Gasteiger partial charge in [-0.3, -0.25) is 20.2 Å². The molecule has 0 saturated heterocycles. The molecule has 0 unspecified atom stereocenters. The fraction of sp³-hybridized carbons (Fsp3) is 0. The SMILES string of the molecule is O=C(C=Cc1ccccc1Cl)Nc1ncc([N+](=O)[O-])s1. The summed E-state index contributed by atoms with van der Waals surface area (Å²) in [6.45, 7) is 0. The molecule has 0 aliphatic rings. The van der Waals surface area contributed by atoms with Crippen molar-refractivity contribution in [2.24, 2.45) is 0 Å². The number of carbonyl (C=O) groups excluding carboxylic acids is 1. The fourth-order valence-corrected chi connectivity index (χ4v) is 2.16. The van der Waals surface area contributed by atoms with Crippen molar-refractivity contribution in [3.63, 3.8) is 0 Å². The highest BCUT2D eigenvalue weighted by molar-refractivity contribution is 7.18. The quantitative estimate of drug-likeness (QED) is 0.533. The zero-order valence-corrected chi connectivity index (χ0v) is 11.5. The summed E-state index contributed by atoms with van der Waals surface area (Å²) >= 11 is 6.73. The lowest BCUT2D eigenvalue weighted by Crippen LogP contribution is -2.07. The summed E-state index contributed by atoms with van der Waals surface area (Å²) in [6, 6.07) is 7.06. The molecule has 1 aromatic carbocycles. The number of benzene rings is 1. The van der Waals surface area contributed by atoms with E-state index < -0.39 is 10.8 Å². The van der Waals surface area contributed by atoms with Gasteiger partial charge in [0.05, 0.1) is 4.92 Å². The smallest absolute Gasteiger partial charge is 0.298 e. The van der Waals surface area contributed by atoms with Gasteiger partial charge in [-0.1, -0.05) is 29.8 Å². The van der Waals surface area contributed by atoms with Gasteiger partial charge in [-0.05, 0) is 29.0 Å². The summed E-state index contributed by atoms with van der Waals surface area (Å²) < 4.78 is 0. The molecule has 0 fully saturated rings. The first kappa shape index (κ1) is 14.2. The maximum Gasteiger partial charge on any atom is 0.345 e. The van der Waals surface area contributed by atoms with Crippen LogP contribution in [-0.4, -0.2) is 15.8 Å². The Morgan fingerprint density at radius 3 is 2.85 bits per heavy atom. The molecule has 1 heterocycles. The van der Waals surface area contributed by atoms with Crippen molar-refractivity contribution in [3.8, 4) is 0 Å². The monoisotopic (exact) mass is 309 g/mol. The number of carbonyl (C=O) groups is 1. The van der Waals surface area contributed by atoms with Crippen LogP contribution in [0.5, 0.6) is 0 Å². The maximum atomic E-state index is 11.6. The summed E-state index contributed by atoms with van der Waals surface area (Å²) in [4.78, 5) is 25.3. The molecule has 0 aliphatic heterocycles. The summed E-state index contributed by atoms with van der Waals surface area (Å²) in [7, 11) is 0. The van der Waals surface area contributed by atoms with Gasteiger partial charge in [0, 0.05) is 11.1 Å². The molecule has 2 aromatic rings. The summed E-state index contributed by atoms with van der Waals surface area (Å²) in [5, 5.41) is 13.5. The first-order chi connectivity index (χ1) is 9.56. The van der Waals surface area contributed by atoms with Crippen molar-refractivity contribution in [2.75, 3.05) is 5.32 Å². The fourth-order valence-electron chi connectivity index (χ4n) is 1.33. The molecule has 0 atom stereocenters. The Morgan fingerprint density at radius 1 is 1.45 bits per heavy atom. The normalized spacial score (nSPS) is 10.7. The molecule has 0 aliphatic carbocycles. The predicted octanol–water partition coefficient (Wildman–Crippen LogP) is 3.36. The number of aromatic nitrogens is 1. The van der Waals surface area contributed by atoms with Crippen LogP contribution in [0.25, 0.3) is 6.08 Å². The van der Waals surface area contributed by atoms with E-state index in [1.54, 1.807) is 30.3 Å². The highest BCUT2D eigenvalue weighted by atomic mass is 35.5. The third-order valence-electron chi connectivity index (χ3n) is 2.22. The number of nitro groups is 1. The van der Waals surface area contributed by atoms with Gasteiger partial charge < -0.3 is 0 Å². The molecule has 0 saturated carbocycles. The minimum atomic E-state index is -0.563. The molecule has 0 bridgehead atoms. The Kier molecular flexibility index (Phi) is 4.44. The second kappa shape index (κ2) is 6.27.